The van der Waals surface area contributed by atoms with E-state index < -0.39 is 78.2 Å². The number of carboxylic acid groups (broad SMARTS) is 2. The number of anilines is 1. The van der Waals surface area contributed by atoms with Crippen molar-refractivity contribution in [2.45, 2.75) is 93.3 Å². The summed E-state index contributed by atoms with van der Waals surface area (Å²) >= 11 is -2.09. The summed E-state index contributed by atoms with van der Waals surface area (Å²) in [6, 6.07) is 26.1. The predicted molar refractivity (Wildman–Crippen MR) is 307 cm³/mol. The number of benzene rings is 6. The zero-order valence-electron chi connectivity index (χ0n) is 51.4. The summed E-state index contributed by atoms with van der Waals surface area (Å²) in [4.78, 5) is 25.3. The van der Waals surface area contributed by atoms with Crippen molar-refractivity contribution in [3.8, 4) is 17.2 Å². The standard InChI is InChI=1S/C60H62N2O19S4.5Na/c1-59(2)50(61(26-7-9-28-78-83(68)69)46-22-17-41-31-44(82-81-80-67)33-48(54(41)56(46)59)76-35-52(63)64)24-19-38-14-11-15-39(58(38)79-43-21-16-37-12-5-6-13-40(37)30-43)20-25-51-60(3,4)57-47(62(51)27-8-10-29-84(70,71)72)23-18-42-32-45(85(73,74)75)34-49(55(42)57)77-36-53(65)66;;;;;/h5-6,12-13,16-25,30-34H,7-11,14-15,26-29,35-36H2,1-4H3,(H5-,63,64,65,66,67,68,69,70,71,72,73,74,75);;;;;/q;5*+1/p-5. The van der Waals surface area contributed by atoms with Gasteiger partial charge in [0.15, 0.2) is 5.71 Å². The number of allylic oxidation sites excluding steroid dienone is 7. The number of rotatable bonds is 26. The van der Waals surface area contributed by atoms with E-state index in [0.717, 1.165) is 44.9 Å². The molecule has 0 bridgehead atoms. The fraction of sp³-hybridized carbons (Fsp3) is 0.317. The summed E-state index contributed by atoms with van der Waals surface area (Å²) in [5, 5.41) is 41.7. The van der Waals surface area contributed by atoms with Crippen LogP contribution in [-0.4, -0.2) is 95.6 Å². The Labute approximate surface area is 639 Å². The maximum Gasteiger partial charge on any atom is 1.00 e. The molecule has 1 atom stereocenters. The summed E-state index contributed by atoms with van der Waals surface area (Å²) in [5.41, 5.74) is 4.00. The topological polar surface area (TPSA) is 319 Å². The number of fused-ring (bicyclic) bond motifs is 7. The summed E-state index contributed by atoms with van der Waals surface area (Å²) in [7, 11) is -9.60. The Morgan fingerprint density at radius 2 is 1.37 bits per heavy atom. The molecule has 0 saturated carbocycles. The molecule has 90 heavy (non-hydrogen) atoms. The Morgan fingerprint density at radius 3 is 2.02 bits per heavy atom. The molecule has 0 fully saturated rings. The maximum atomic E-state index is 12.4. The van der Waals surface area contributed by atoms with E-state index in [4.69, 9.17) is 18.4 Å². The van der Waals surface area contributed by atoms with Gasteiger partial charge in [-0.05, 0) is 151 Å². The zero-order valence-corrected chi connectivity index (χ0v) is 64.7. The van der Waals surface area contributed by atoms with E-state index in [2.05, 4.69) is 13.9 Å². The fourth-order valence-corrected chi connectivity index (χ4v) is 13.4. The summed E-state index contributed by atoms with van der Waals surface area (Å²) in [5.74, 6) is -2.58. The van der Waals surface area contributed by atoms with Crippen LogP contribution in [0.4, 0.5) is 11.4 Å². The van der Waals surface area contributed by atoms with Gasteiger partial charge in [-0.2, -0.15) is 8.91 Å². The van der Waals surface area contributed by atoms with Crippen LogP contribution in [0.25, 0.3) is 32.3 Å². The molecule has 0 N–H and O–H groups in total. The summed E-state index contributed by atoms with van der Waals surface area (Å²) in [6.45, 7) is 6.67. The number of carboxylic acids is 2. The van der Waals surface area contributed by atoms with Crippen LogP contribution in [0, 0.1) is 0 Å². The molecule has 0 radical (unpaired) electrons. The Balaban J connectivity index is 0.00000346. The van der Waals surface area contributed by atoms with Crippen molar-refractivity contribution in [1.29, 1.82) is 0 Å². The van der Waals surface area contributed by atoms with Gasteiger partial charge in [0.25, 0.3) is 0 Å². The van der Waals surface area contributed by atoms with Crippen LogP contribution < -0.4 is 182 Å². The number of hydrogen-bond donors (Lipinski definition) is 0. The van der Waals surface area contributed by atoms with Gasteiger partial charge in [0.1, 0.15) is 52.9 Å². The van der Waals surface area contributed by atoms with Gasteiger partial charge >= 0.3 is 148 Å². The molecule has 0 saturated heterocycles. The molecule has 0 aromatic heterocycles. The Kier molecular flexibility index (Phi) is 31.1. The van der Waals surface area contributed by atoms with E-state index >= 15 is 0 Å². The molecule has 450 valence electrons. The average Bonchev–Trinajstić information content (AvgIpc) is 1.55. The molecule has 2 heterocycles. The van der Waals surface area contributed by atoms with Crippen molar-refractivity contribution < 1.29 is 240 Å². The van der Waals surface area contributed by atoms with Crippen LogP contribution in [0.5, 0.6) is 17.2 Å². The molecule has 0 amide bonds. The molecule has 6 aromatic carbocycles. The molecule has 1 unspecified atom stereocenters. The number of aliphatic carboxylic acids is 2. The molecule has 21 nitrogen and oxygen atoms in total. The van der Waals surface area contributed by atoms with E-state index in [0.29, 0.717) is 100 Å². The van der Waals surface area contributed by atoms with E-state index in [1.54, 1.807) is 18.2 Å². The predicted octanol–water partition coefficient (Wildman–Crippen LogP) is -8.47. The van der Waals surface area contributed by atoms with E-state index in [9.17, 15) is 59.8 Å². The Hall–Kier alpha value is -2.01. The van der Waals surface area contributed by atoms with Crippen molar-refractivity contribution in [1.82, 2.24) is 0 Å². The smallest absolute Gasteiger partial charge is 0.750 e. The molecule has 30 heteroatoms. The first-order valence-electron chi connectivity index (χ1n) is 26.9. The minimum absolute atomic E-state index is 0. The van der Waals surface area contributed by atoms with Gasteiger partial charge in [-0.3, -0.25) is 5.04 Å². The van der Waals surface area contributed by atoms with Crippen molar-refractivity contribution in [3.63, 3.8) is 0 Å². The molecular weight excluding hydrogens is 1300 g/mol. The number of unbranched alkanes of at least 4 members (excludes halogenated alkanes) is 2. The van der Waals surface area contributed by atoms with Gasteiger partial charge in [-0.15, -0.1) is 0 Å². The molecule has 0 spiro atoms. The van der Waals surface area contributed by atoms with Crippen LogP contribution >= 0.6 is 12.0 Å². The molecule has 3 aliphatic rings. The van der Waals surface area contributed by atoms with Crippen LogP contribution in [0.15, 0.2) is 148 Å². The van der Waals surface area contributed by atoms with Gasteiger partial charge in [0, 0.05) is 63.3 Å². The van der Waals surface area contributed by atoms with E-state index in [1.807, 2.05) is 111 Å². The fourth-order valence-electron chi connectivity index (χ4n) is 11.6. The SMILES string of the molecule is CC1(C)C(/C=C/C2=C(Oc3ccc4ccccc4c3)C(=C/C=C3/N(CCCCS(=O)(=O)[O-])c4ccc5cc(S(=O)(=O)[O-])cc(OCC(=O)[O-])c5c4C3(C)C)/CCC2)=[N+](CCCCOS(=O)[O-])c2ccc3cc(SOO[O-])cc(OCC(=O)[O-])c3c21.[Na+].[Na+].[Na+].[Na+].[Na+]. The first-order chi connectivity index (χ1) is 40.3. The van der Waals surface area contributed by atoms with Crippen molar-refractivity contribution in [2.24, 2.45) is 0 Å². The van der Waals surface area contributed by atoms with E-state index in [1.165, 1.54) is 12.1 Å². The van der Waals surface area contributed by atoms with Crippen LogP contribution in [-0.2, 0) is 65.6 Å². The number of hydrogen-bond acceptors (Lipinski definition) is 21. The average molecular weight is 1350 g/mol. The molecule has 1 aliphatic carbocycles. The van der Waals surface area contributed by atoms with Gasteiger partial charge < -0.3 is 62.0 Å². The van der Waals surface area contributed by atoms with Crippen LogP contribution in [0.1, 0.15) is 83.8 Å². The largest absolute Gasteiger partial charge is 1.00 e. The molecule has 9 rings (SSSR count). The molecule has 2 aliphatic heterocycles. The summed E-state index contributed by atoms with van der Waals surface area (Å²) in [6.07, 6.45) is 10.8. The number of ether oxygens (including phenoxy) is 3. The maximum absolute atomic E-state index is 12.4. The van der Waals surface area contributed by atoms with Gasteiger partial charge in [-0.25, -0.2) is 21.0 Å². The first-order valence-corrected chi connectivity index (χ1v) is 31.6. The van der Waals surface area contributed by atoms with Gasteiger partial charge in [-0.1, -0.05) is 56.3 Å². The second-order valence-electron chi connectivity index (χ2n) is 21.5. The van der Waals surface area contributed by atoms with Crippen molar-refractivity contribution in [3.05, 3.63) is 149 Å². The monoisotopic (exact) mass is 1350 g/mol. The third-order valence-electron chi connectivity index (χ3n) is 15.2. The third kappa shape index (κ3) is 19.2. The zero-order chi connectivity index (χ0) is 61.0. The molecular formula is C60H57N2Na5O19S4. The quantitative estimate of drug-likeness (QED) is 0.00712. The minimum Gasteiger partial charge on any atom is -0.750 e. The summed E-state index contributed by atoms with van der Waals surface area (Å²) < 4.78 is 125. The number of nitrogens with zero attached hydrogens (tertiary/aromatic N) is 2. The first kappa shape index (κ1) is 80.4. The van der Waals surface area contributed by atoms with Gasteiger partial charge in [0.2, 0.25) is 5.69 Å². The molecule has 6 aromatic rings. The van der Waals surface area contributed by atoms with Crippen molar-refractivity contribution in [2.75, 3.05) is 43.6 Å². The third-order valence-corrected chi connectivity index (χ3v) is 17.7. The number of carbonyl (C=O) groups is 2. The van der Waals surface area contributed by atoms with E-state index in [-0.39, 0.29) is 191 Å². The second-order valence-corrected chi connectivity index (χ2v) is 25.8. The van der Waals surface area contributed by atoms with Crippen LogP contribution in [0.2, 0.25) is 0 Å². The normalized spacial score (nSPS) is 16.2. The van der Waals surface area contributed by atoms with Crippen LogP contribution in [0.3, 0.4) is 0 Å². The Bertz CT molecular complexity index is 4080. The van der Waals surface area contributed by atoms with Crippen molar-refractivity contribution >= 4 is 105 Å². The second kappa shape index (κ2) is 34.8. The Morgan fingerprint density at radius 1 is 0.722 bits per heavy atom. The number of carbonyl (C=O) groups excluding carboxylic acids is 2. The minimum atomic E-state index is -5.05. The van der Waals surface area contributed by atoms with Gasteiger partial charge in [0.05, 0.1) is 67.9 Å².